The van der Waals surface area contributed by atoms with Gasteiger partial charge in [0.1, 0.15) is 0 Å². The molecule has 1 amide bonds. The molecule has 16 heavy (non-hydrogen) atoms. The first kappa shape index (κ1) is 12.5. The van der Waals surface area contributed by atoms with Crippen LogP contribution in [0.4, 0.5) is 13.2 Å². The van der Waals surface area contributed by atoms with E-state index < -0.39 is 23.8 Å². The van der Waals surface area contributed by atoms with Gasteiger partial charge in [-0.1, -0.05) is 18.2 Å². The molecule has 0 aliphatic heterocycles. The molecule has 0 saturated carbocycles. The van der Waals surface area contributed by atoms with E-state index in [9.17, 15) is 18.0 Å². The van der Waals surface area contributed by atoms with Crippen LogP contribution < -0.4 is 5.73 Å². The lowest BCUT2D eigenvalue weighted by Crippen LogP contribution is -2.25. The summed E-state index contributed by atoms with van der Waals surface area (Å²) in [6.45, 7) is 0. The summed E-state index contributed by atoms with van der Waals surface area (Å²) in [7, 11) is 1.13. The molecular formula is C10H10F3NO2. The topological polar surface area (TPSA) is 52.3 Å². The van der Waals surface area contributed by atoms with E-state index in [4.69, 9.17) is 5.73 Å². The maximum absolute atomic E-state index is 12.6. The van der Waals surface area contributed by atoms with Gasteiger partial charge in [-0.15, -0.1) is 0 Å². The summed E-state index contributed by atoms with van der Waals surface area (Å²) < 4.78 is 42.5. The number of nitrogens with two attached hydrogens (primary N) is 1. The second-order valence-corrected chi connectivity index (χ2v) is 3.10. The molecule has 0 saturated heterocycles. The smallest absolute Gasteiger partial charge is 0.367 e. The maximum Gasteiger partial charge on any atom is 0.416 e. The van der Waals surface area contributed by atoms with Crippen LogP contribution in [0.3, 0.4) is 0 Å². The summed E-state index contributed by atoms with van der Waals surface area (Å²) in [5, 5.41) is 0. The van der Waals surface area contributed by atoms with Crippen LogP contribution in [0.15, 0.2) is 24.3 Å². The molecule has 1 atom stereocenters. The molecule has 2 N–H and O–H groups in total. The molecule has 3 nitrogen and oxygen atoms in total. The van der Waals surface area contributed by atoms with Gasteiger partial charge in [-0.05, 0) is 6.07 Å². The first-order valence-corrected chi connectivity index (χ1v) is 4.36. The SMILES string of the molecule is COC(C(N)=O)c1ccccc1C(F)(F)F. The highest BCUT2D eigenvalue weighted by molar-refractivity contribution is 5.80. The molecule has 0 aliphatic carbocycles. The minimum Gasteiger partial charge on any atom is -0.367 e. The zero-order valence-electron chi connectivity index (χ0n) is 8.41. The Morgan fingerprint density at radius 2 is 1.94 bits per heavy atom. The zero-order valence-corrected chi connectivity index (χ0v) is 8.41. The fraction of sp³-hybridized carbons (Fsp3) is 0.300. The van der Waals surface area contributed by atoms with Crippen LogP contribution >= 0.6 is 0 Å². The second-order valence-electron chi connectivity index (χ2n) is 3.10. The molecule has 0 heterocycles. The van der Waals surface area contributed by atoms with Crippen molar-refractivity contribution in [2.45, 2.75) is 12.3 Å². The standard InChI is InChI=1S/C10H10F3NO2/c1-16-8(9(14)15)6-4-2-3-5-7(6)10(11,12)13/h2-5,8H,1H3,(H2,14,15). The number of carbonyl (C=O) groups is 1. The molecule has 0 aliphatic rings. The number of ether oxygens (including phenoxy) is 1. The van der Waals surface area contributed by atoms with E-state index in [1.807, 2.05) is 0 Å². The quantitative estimate of drug-likeness (QED) is 0.866. The lowest BCUT2D eigenvalue weighted by molar-refractivity contribution is -0.140. The van der Waals surface area contributed by atoms with Crippen LogP contribution in [0.5, 0.6) is 0 Å². The molecule has 0 fully saturated rings. The van der Waals surface area contributed by atoms with Crippen molar-refractivity contribution < 1.29 is 22.7 Å². The normalized spacial score (nSPS) is 13.5. The molecule has 0 spiro atoms. The summed E-state index contributed by atoms with van der Waals surface area (Å²) in [6, 6.07) is 4.67. The summed E-state index contributed by atoms with van der Waals surface area (Å²) in [4.78, 5) is 10.9. The summed E-state index contributed by atoms with van der Waals surface area (Å²) in [5.74, 6) is -0.959. The van der Waals surface area contributed by atoms with Crippen LogP contribution in [0.25, 0.3) is 0 Å². The molecule has 0 radical (unpaired) electrons. The fourth-order valence-electron chi connectivity index (χ4n) is 1.38. The Bertz CT molecular complexity index is 390. The van der Waals surface area contributed by atoms with Gasteiger partial charge >= 0.3 is 6.18 Å². The van der Waals surface area contributed by atoms with Crippen LogP contribution in [0.1, 0.15) is 17.2 Å². The van der Waals surface area contributed by atoms with Crippen molar-refractivity contribution in [2.75, 3.05) is 7.11 Å². The van der Waals surface area contributed by atoms with E-state index in [1.165, 1.54) is 18.2 Å². The predicted molar refractivity (Wildman–Crippen MR) is 50.4 cm³/mol. The highest BCUT2D eigenvalue weighted by Gasteiger charge is 2.36. The Hall–Kier alpha value is -1.56. The first-order chi connectivity index (χ1) is 7.38. The molecule has 0 aromatic heterocycles. The molecule has 1 aromatic carbocycles. The lowest BCUT2D eigenvalue weighted by Gasteiger charge is -2.17. The van der Waals surface area contributed by atoms with Gasteiger partial charge in [-0.2, -0.15) is 13.2 Å². The van der Waals surface area contributed by atoms with Gasteiger partial charge in [0.15, 0.2) is 6.10 Å². The van der Waals surface area contributed by atoms with E-state index in [2.05, 4.69) is 4.74 Å². The number of benzene rings is 1. The van der Waals surface area contributed by atoms with Gasteiger partial charge < -0.3 is 10.5 Å². The Balaban J connectivity index is 3.27. The van der Waals surface area contributed by atoms with Crippen molar-refractivity contribution in [1.82, 2.24) is 0 Å². The number of primary amides is 1. The molecule has 88 valence electrons. The number of hydrogen-bond acceptors (Lipinski definition) is 2. The van der Waals surface area contributed by atoms with Crippen molar-refractivity contribution in [3.8, 4) is 0 Å². The average Bonchev–Trinajstić information content (AvgIpc) is 2.17. The van der Waals surface area contributed by atoms with Crippen molar-refractivity contribution in [3.05, 3.63) is 35.4 Å². The van der Waals surface area contributed by atoms with Crippen molar-refractivity contribution in [2.24, 2.45) is 5.73 Å². The maximum atomic E-state index is 12.6. The van der Waals surface area contributed by atoms with Crippen LogP contribution in [-0.4, -0.2) is 13.0 Å². The Morgan fingerprint density at radius 3 is 2.38 bits per heavy atom. The highest BCUT2D eigenvalue weighted by atomic mass is 19.4. The first-order valence-electron chi connectivity index (χ1n) is 4.36. The monoisotopic (exact) mass is 233 g/mol. The average molecular weight is 233 g/mol. The van der Waals surface area contributed by atoms with E-state index in [0.717, 1.165) is 13.2 Å². The van der Waals surface area contributed by atoms with Crippen LogP contribution in [-0.2, 0) is 15.7 Å². The van der Waals surface area contributed by atoms with Crippen molar-refractivity contribution >= 4 is 5.91 Å². The van der Waals surface area contributed by atoms with Crippen molar-refractivity contribution in [3.63, 3.8) is 0 Å². The predicted octanol–water partition coefficient (Wildman–Crippen LogP) is 1.88. The molecule has 1 unspecified atom stereocenters. The number of hydrogen-bond donors (Lipinski definition) is 1. The van der Waals surface area contributed by atoms with Gasteiger partial charge in [0.25, 0.3) is 5.91 Å². The molecular weight excluding hydrogens is 223 g/mol. The molecule has 1 rings (SSSR count). The second kappa shape index (κ2) is 4.52. The van der Waals surface area contributed by atoms with E-state index in [1.54, 1.807) is 0 Å². The fourth-order valence-corrected chi connectivity index (χ4v) is 1.38. The molecule has 6 heteroatoms. The Kier molecular flexibility index (Phi) is 3.54. The van der Waals surface area contributed by atoms with Gasteiger partial charge in [-0.25, -0.2) is 0 Å². The van der Waals surface area contributed by atoms with Crippen molar-refractivity contribution in [1.29, 1.82) is 0 Å². The van der Waals surface area contributed by atoms with E-state index >= 15 is 0 Å². The molecule has 0 bridgehead atoms. The number of alkyl halides is 3. The van der Waals surface area contributed by atoms with E-state index in [0.29, 0.717) is 0 Å². The van der Waals surface area contributed by atoms with Crippen LogP contribution in [0, 0.1) is 0 Å². The Labute approximate surface area is 90.0 Å². The number of methoxy groups -OCH3 is 1. The highest BCUT2D eigenvalue weighted by Crippen LogP contribution is 2.35. The van der Waals surface area contributed by atoms with Gasteiger partial charge in [0, 0.05) is 12.7 Å². The number of amides is 1. The summed E-state index contributed by atoms with van der Waals surface area (Å²) >= 11 is 0. The minimum absolute atomic E-state index is 0.273. The third kappa shape index (κ3) is 2.52. The number of rotatable bonds is 3. The number of carbonyl (C=O) groups excluding carboxylic acids is 1. The molecule has 1 aromatic rings. The summed E-state index contributed by atoms with van der Waals surface area (Å²) in [6.07, 6.45) is -5.93. The third-order valence-electron chi connectivity index (χ3n) is 2.04. The Morgan fingerprint density at radius 1 is 1.38 bits per heavy atom. The minimum atomic E-state index is -4.54. The van der Waals surface area contributed by atoms with Gasteiger partial charge in [-0.3, -0.25) is 4.79 Å². The third-order valence-corrected chi connectivity index (χ3v) is 2.04. The lowest BCUT2D eigenvalue weighted by atomic mass is 10.0. The van der Waals surface area contributed by atoms with Gasteiger partial charge in [0.2, 0.25) is 0 Å². The largest absolute Gasteiger partial charge is 0.416 e. The number of halogens is 3. The van der Waals surface area contributed by atoms with Crippen LogP contribution in [0.2, 0.25) is 0 Å². The zero-order chi connectivity index (χ0) is 12.3. The summed E-state index contributed by atoms with van der Waals surface area (Å²) in [5.41, 5.74) is 3.77. The van der Waals surface area contributed by atoms with Gasteiger partial charge in [0.05, 0.1) is 5.56 Å². The van der Waals surface area contributed by atoms with E-state index in [-0.39, 0.29) is 5.56 Å².